The van der Waals surface area contributed by atoms with E-state index in [2.05, 4.69) is 26.1 Å². The number of nitrogens with one attached hydrogen (secondary N) is 1. The van der Waals surface area contributed by atoms with Crippen LogP contribution >= 0.6 is 0 Å². The van der Waals surface area contributed by atoms with E-state index in [0.29, 0.717) is 12.1 Å². The minimum absolute atomic E-state index is 0.0755. The van der Waals surface area contributed by atoms with Crippen LogP contribution in [0.2, 0.25) is 0 Å². The van der Waals surface area contributed by atoms with Crippen LogP contribution in [0.1, 0.15) is 59.3 Å². The summed E-state index contributed by atoms with van der Waals surface area (Å²) in [5, 5.41) is 3.79. The van der Waals surface area contributed by atoms with E-state index in [1.807, 2.05) is 0 Å². The first-order valence-electron chi connectivity index (χ1n) is 6.95. The molecule has 2 nitrogen and oxygen atoms in total. The summed E-state index contributed by atoms with van der Waals surface area (Å²) in [5.74, 6) is 1.01. The summed E-state index contributed by atoms with van der Waals surface area (Å²) < 4.78 is 5.75. The van der Waals surface area contributed by atoms with Crippen molar-refractivity contribution in [3.8, 4) is 0 Å². The van der Waals surface area contributed by atoms with Gasteiger partial charge in [-0.2, -0.15) is 0 Å². The molecule has 0 amide bonds. The molecule has 0 bridgehead atoms. The molecule has 0 radical (unpaired) electrons. The molecule has 16 heavy (non-hydrogen) atoms. The predicted octanol–water partition coefficient (Wildman–Crippen LogP) is 3.11. The Morgan fingerprint density at radius 2 is 2.06 bits per heavy atom. The fourth-order valence-electron chi connectivity index (χ4n) is 3.07. The van der Waals surface area contributed by atoms with Gasteiger partial charge in [0.25, 0.3) is 0 Å². The van der Waals surface area contributed by atoms with Gasteiger partial charge >= 0.3 is 0 Å². The van der Waals surface area contributed by atoms with E-state index in [1.165, 1.54) is 32.1 Å². The number of hydrogen-bond donors (Lipinski definition) is 1. The van der Waals surface area contributed by atoms with Gasteiger partial charge in [0.2, 0.25) is 0 Å². The van der Waals surface area contributed by atoms with Gasteiger partial charge in [0.15, 0.2) is 0 Å². The fourth-order valence-corrected chi connectivity index (χ4v) is 3.07. The molecule has 1 heterocycles. The van der Waals surface area contributed by atoms with Gasteiger partial charge in [0, 0.05) is 18.7 Å². The Morgan fingerprint density at radius 3 is 2.62 bits per heavy atom. The fraction of sp³-hybridized carbons (Fsp3) is 1.00. The first kappa shape index (κ1) is 12.4. The van der Waals surface area contributed by atoms with Gasteiger partial charge in [-0.1, -0.05) is 19.3 Å². The summed E-state index contributed by atoms with van der Waals surface area (Å²) in [4.78, 5) is 0. The van der Waals surface area contributed by atoms with Crippen molar-refractivity contribution in [2.45, 2.75) is 77.0 Å². The molecule has 2 fully saturated rings. The van der Waals surface area contributed by atoms with Gasteiger partial charge in [-0.3, -0.25) is 0 Å². The van der Waals surface area contributed by atoms with Crippen molar-refractivity contribution in [1.82, 2.24) is 5.32 Å². The van der Waals surface area contributed by atoms with E-state index in [0.717, 1.165) is 18.9 Å². The molecule has 2 aliphatic rings. The maximum Gasteiger partial charge on any atom is 0.0641 e. The molecular weight excluding hydrogens is 198 g/mol. The topological polar surface area (TPSA) is 21.3 Å². The second-order valence-corrected chi connectivity index (χ2v) is 6.40. The van der Waals surface area contributed by atoms with E-state index in [4.69, 9.17) is 4.74 Å². The van der Waals surface area contributed by atoms with Crippen molar-refractivity contribution < 1.29 is 4.74 Å². The van der Waals surface area contributed by atoms with Crippen LogP contribution in [0.4, 0.5) is 0 Å². The van der Waals surface area contributed by atoms with Crippen molar-refractivity contribution >= 4 is 0 Å². The highest BCUT2D eigenvalue weighted by Crippen LogP contribution is 2.31. The largest absolute Gasteiger partial charge is 0.375 e. The number of hydrogen-bond acceptors (Lipinski definition) is 2. The maximum absolute atomic E-state index is 5.75. The van der Waals surface area contributed by atoms with Crippen LogP contribution in [0.3, 0.4) is 0 Å². The minimum Gasteiger partial charge on any atom is -0.375 e. The highest BCUT2D eigenvalue weighted by atomic mass is 16.5. The molecule has 1 N–H and O–H groups in total. The Kier molecular flexibility index (Phi) is 3.91. The standard InChI is InChI=1S/C14H27NO/c1-11(9-12-5-4-6-12)15-13-7-8-16-14(2,3)10-13/h11-13,15H,4-10H2,1-3H3. The lowest BCUT2D eigenvalue weighted by molar-refractivity contribution is -0.0642. The zero-order valence-electron chi connectivity index (χ0n) is 11.1. The average molecular weight is 225 g/mol. The van der Waals surface area contributed by atoms with Crippen LogP contribution in [-0.4, -0.2) is 24.3 Å². The van der Waals surface area contributed by atoms with Crippen LogP contribution in [0.5, 0.6) is 0 Å². The molecule has 1 saturated carbocycles. The smallest absolute Gasteiger partial charge is 0.0641 e. The number of ether oxygens (including phenoxy) is 1. The normalized spacial score (nSPS) is 32.1. The molecule has 0 spiro atoms. The van der Waals surface area contributed by atoms with Gasteiger partial charge < -0.3 is 10.1 Å². The molecular formula is C14H27NO. The molecule has 1 aliphatic carbocycles. The van der Waals surface area contributed by atoms with Gasteiger partial charge in [-0.05, 0) is 46.0 Å². The van der Waals surface area contributed by atoms with E-state index in [-0.39, 0.29) is 5.60 Å². The van der Waals surface area contributed by atoms with Crippen LogP contribution in [-0.2, 0) is 4.74 Å². The Balaban J connectivity index is 1.71. The molecule has 2 atom stereocenters. The SMILES string of the molecule is CC(CC1CCC1)NC1CCOC(C)(C)C1. The molecule has 1 aliphatic heterocycles. The Hall–Kier alpha value is -0.0800. The van der Waals surface area contributed by atoms with Crippen molar-refractivity contribution in [3.63, 3.8) is 0 Å². The molecule has 2 heteroatoms. The van der Waals surface area contributed by atoms with Crippen LogP contribution in [0.15, 0.2) is 0 Å². The second kappa shape index (κ2) is 5.05. The Labute approximate surface area is 100 Å². The highest BCUT2D eigenvalue weighted by molar-refractivity contribution is 4.85. The van der Waals surface area contributed by atoms with E-state index in [9.17, 15) is 0 Å². The molecule has 0 aromatic carbocycles. The monoisotopic (exact) mass is 225 g/mol. The summed E-state index contributed by atoms with van der Waals surface area (Å²) in [6.07, 6.45) is 8.09. The third-order valence-electron chi connectivity index (χ3n) is 4.13. The lowest BCUT2D eigenvalue weighted by Gasteiger charge is -2.38. The van der Waals surface area contributed by atoms with E-state index in [1.54, 1.807) is 0 Å². The van der Waals surface area contributed by atoms with Crippen LogP contribution in [0, 0.1) is 5.92 Å². The van der Waals surface area contributed by atoms with Crippen LogP contribution < -0.4 is 5.32 Å². The third-order valence-corrected chi connectivity index (χ3v) is 4.13. The molecule has 0 aromatic heterocycles. The summed E-state index contributed by atoms with van der Waals surface area (Å²) in [6.45, 7) is 7.68. The predicted molar refractivity (Wildman–Crippen MR) is 67.6 cm³/mol. The summed E-state index contributed by atoms with van der Waals surface area (Å²) in [5.41, 5.74) is 0.0755. The first-order chi connectivity index (χ1) is 7.55. The Morgan fingerprint density at radius 1 is 1.31 bits per heavy atom. The first-order valence-corrected chi connectivity index (χ1v) is 6.95. The third kappa shape index (κ3) is 3.46. The lowest BCUT2D eigenvalue weighted by atomic mass is 9.81. The van der Waals surface area contributed by atoms with Crippen molar-refractivity contribution in [3.05, 3.63) is 0 Å². The zero-order valence-corrected chi connectivity index (χ0v) is 11.1. The molecule has 2 unspecified atom stereocenters. The van der Waals surface area contributed by atoms with Crippen LogP contribution in [0.25, 0.3) is 0 Å². The summed E-state index contributed by atoms with van der Waals surface area (Å²) in [6, 6.07) is 1.35. The quantitative estimate of drug-likeness (QED) is 0.794. The average Bonchev–Trinajstić information content (AvgIpc) is 2.10. The number of rotatable bonds is 4. The Bertz CT molecular complexity index is 223. The summed E-state index contributed by atoms with van der Waals surface area (Å²) >= 11 is 0. The summed E-state index contributed by atoms with van der Waals surface area (Å²) in [7, 11) is 0. The van der Waals surface area contributed by atoms with E-state index >= 15 is 0 Å². The van der Waals surface area contributed by atoms with E-state index < -0.39 is 0 Å². The molecule has 0 aromatic rings. The molecule has 94 valence electrons. The molecule has 1 saturated heterocycles. The maximum atomic E-state index is 5.75. The van der Waals surface area contributed by atoms with Gasteiger partial charge in [-0.25, -0.2) is 0 Å². The minimum atomic E-state index is 0.0755. The van der Waals surface area contributed by atoms with Gasteiger partial charge in [0.05, 0.1) is 5.60 Å². The van der Waals surface area contributed by atoms with Gasteiger partial charge in [0.1, 0.15) is 0 Å². The molecule has 2 rings (SSSR count). The lowest BCUT2D eigenvalue weighted by Crippen LogP contribution is -2.47. The van der Waals surface area contributed by atoms with Gasteiger partial charge in [-0.15, -0.1) is 0 Å². The zero-order chi connectivity index (χ0) is 11.6. The highest BCUT2D eigenvalue weighted by Gasteiger charge is 2.30. The van der Waals surface area contributed by atoms with Crippen molar-refractivity contribution in [1.29, 1.82) is 0 Å². The second-order valence-electron chi connectivity index (χ2n) is 6.40. The van der Waals surface area contributed by atoms with Crippen molar-refractivity contribution in [2.75, 3.05) is 6.61 Å². The van der Waals surface area contributed by atoms with Crippen molar-refractivity contribution in [2.24, 2.45) is 5.92 Å².